The van der Waals surface area contributed by atoms with Gasteiger partial charge in [0.05, 0.1) is 11.7 Å². The van der Waals surface area contributed by atoms with Crippen LogP contribution in [0.4, 0.5) is 0 Å². The van der Waals surface area contributed by atoms with Crippen molar-refractivity contribution in [3.63, 3.8) is 0 Å². The molecule has 0 aliphatic heterocycles. The van der Waals surface area contributed by atoms with Gasteiger partial charge in [-0.2, -0.15) is 0 Å². The number of hydrogen-bond acceptors (Lipinski definition) is 2. The van der Waals surface area contributed by atoms with Crippen LogP contribution in [-0.2, 0) is 0 Å². The van der Waals surface area contributed by atoms with E-state index in [2.05, 4.69) is 25.4 Å². The molecule has 0 atom stereocenters. The van der Waals surface area contributed by atoms with E-state index >= 15 is 0 Å². The number of fused-ring (bicyclic) bond motifs is 3. The zero-order valence-corrected chi connectivity index (χ0v) is 10.3. The molecule has 1 aliphatic rings. The third-order valence-electron chi connectivity index (χ3n) is 4.09. The topological polar surface area (TPSA) is 46.0 Å². The molecule has 18 heavy (non-hydrogen) atoms. The lowest BCUT2D eigenvalue weighted by molar-refractivity contribution is 0.436. The molecule has 0 aromatic carbocycles. The molecule has 0 spiro atoms. The molecular formula is C14H16N4. The molecule has 4 heteroatoms. The van der Waals surface area contributed by atoms with Gasteiger partial charge in [-0.05, 0) is 18.9 Å². The van der Waals surface area contributed by atoms with E-state index in [4.69, 9.17) is 0 Å². The van der Waals surface area contributed by atoms with Crippen molar-refractivity contribution in [3.05, 3.63) is 30.4 Å². The van der Waals surface area contributed by atoms with Gasteiger partial charge in [-0.25, -0.2) is 9.97 Å². The Labute approximate surface area is 105 Å². The molecule has 92 valence electrons. The zero-order valence-electron chi connectivity index (χ0n) is 10.3. The summed E-state index contributed by atoms with van der Waals surface area (Å²) in [5, 5.41) is 0. The summed E-state index contributed by atoms with van der Waals surface area (Å²) < 4.78 is 2.27. The maximum Gasteiger partial charge on any atom is 0.156 e. The van der Waals surface area contributed by atoms with E-state index in [0.717, 1.165) is 16.8 Å². The first-order valence-electron chi connectivity index (χ1n) is 6.73. The molecule has 4 nitrogen and oxygen atoms in total. The normalized spacial score (nSPS) is 17.8. The minimum atomic E-state index is 0.661. The molecular weight excluding hydrogens is 224 g/mol. The van der Waals surface area contributed by atoms with Crippen LogP contribution in [0, 0.1) is 0 Å². The lowest BCUT2D eigenvalue weighted by atomic mass is 9.87. The van der Waals surface area contributed by atoms with E-state index in [1.807, 2.05) is 18.6 Å². The molecule has 3 heterocycles. The van der Waals surface area contributed by atoms with Gasteiger partial charge < -0.3 is 4.98 Å². The molecule has 3 aromatic rings. The average molecular weight is 240 g/mol. The van der Waals surface area contributed by atoms with Crippen molar-refractivity contribution < 1.29 is 0 Å². The molecule has 0 amide bonds. The van der Waals surface area contributed by atoms with Gasteiger partial charge >= 0.3 is 0 Å². The van der Waals surface area contributed by atoms with Crippen molar-refractivity contribution in [2.75, 3.05) is 0 Å². The Balaban J connectivity index is 1.96. The summed E-state index contributed by atoms with van der Waals surface area (Å²) in [5.74, 6) is 0.661. The summed E-state index contributed by atoms with van der Waals surface area (Å²) in [4.78, 5) is 12.1. The molecule has 0 bridgehead atoms. The van der Waals surface area contributed by atoms with Gasteiger partial charge in [-0.1, -0.05) is 19.3 Å². The van der Waals surface area contributed by atoms with Gasteiger partial charge in [-0.15, -0.1) is 0 Å². The third kappa shape index (κ3) is 1.38. The molecule has 1 N–H and O–H groups in total. The largest absolute Gasteiger partial charge is 0.345 e. The second-order valence-corrected chi connectivity index (χ2v) is 5.18. The van der Waals surface area contributed by atoms with Crippen molar-refractivity contribution >= 4 is 16.8 Å². The highest BCUT2D eigenvalue weighted by molar-refractivity contribution is 5.74. The van der Waals surface area contributed by atoms with Crippen molar-refractivity contribution in [1.82, 2.24) is 19.4 Å². The van der Waals surface area contributed by atoms with Crippen LogP contribution in [0.25, 0.3) is 16.8 Å². The van der Waals surface area contributed by atoms with Crippen molar-refractivity contribution in [2.45, 2.75) is 38.0 Å². The molecule has 0 radical (unpaired) electrons. The fourth-order valence-electron chi connectivity index (χ4n) is 3.18. The molecule has 1 aliphatic carbocycles. The number of H-pyrrole nitrogens is 1. The summed E-state index contributed by atoms with van der Waals surface area (Å²) in [5.41, 5.74) is 4.41. The average Bonchev–Trinajstić information content (AvgIpc) is 3.05. The van der Waals surface area contributed by atoms with Gasteiger partial charge in [-0.3, -0.25) is 4.40 Å². The summed E-state index contributed by atoms with van der Waals surface area (Å²) in [6.07, 6.45) is 12.5. The molecule has 0 saturated heterocycles. The molecule has 1 fully saturated rings. The Morgan fingerprint density at radius 3 is 2.89 bits per heavy atom. The number of hydrogen-bond donors (Lipinski definition) is 1. The SMILES string of the molecule is c1cc2c(ncc3ncc(C4CCCCC4)n32)[nH]1. The van der Waals surface area contributed by atoms with Crippen LogP contribution in [0.2, 0.25) is 0 Å². The standard InChI is InChI=1S/C14H16N4/c1-2-4-10(5-3-1)12-8-16-13-9-17-14-11(18(12)13)6-7-15-14/h6-10,15H,1-5H2. The second-order valence-electron chi connectivity index (χ2n) is 5.18. The zero-order chi connectivity index (χ0) is 11.9. The number of aromatic nitrogens is 4. The first-order chi connectivity index (χ1) is 8.93. The summed E-state index contributed by atoms with van der Waals surface area (Å²) in [6, 6.07) is 2.09. The molecule has 3 aromatic heterocycles. The number of nitrogens with one attached hydrogen (secondary N) is 1. The highest BCUT2D eigenvalue weighted by Gasteiger charge is 2.20. The fraction of sp³-hybridized carbons (Fsp3) is 0.429. The Morgan fingerprint density at radius 2 is 2.00 bits per heavy atom. The van der Waals surface area contributed by atoms with Gasteiger partial charge in [0.1, 0.15) is 0 Å². The van der Waals surface area contributed by atoms with Crippen LogP contribution >= 0.6 is 0 Å². The maximum absolute atomic E-state index is 4.51. The Hall–Kier alpha value is -1.84. The quantitative estimate of drug-likeness (QED) is 0.709. The molecule has 4 rings (SSSR count). The number of rotatable bonds is 1. The predicted molar refractivity (Wildman–Crippen MR) is 70.7 cm³/mol. The third-order valence-corrected chi connectivity index (χ3v) is 4.09. The van der Waals surface area contributed by atoms with Crippen molar-refractivity contribution in [2.24, 2.45) is 0 Å². The lowest BCUT2D eigenvalue weighted by Gasteiger charge is -2.21. The van der Waals surface area contributed by atoms with E-state index in [1.165, 1.54) is 37.8 Å². The number of imidazole rings is 1. The Kier molecular flexibility index (Phi) is 2.15. The summed E-state index contributed by atoms with van der Waals surface area (Å²) in [7, 11) is 0. The Bertz CT molecular complexity index is 688. The van der Waals surface area contributed by atoms with Crippen LogP contribution in [0.3, 0.4) is 0 Å². The minimum absolute atomic E-state index is 0.661. The van der Waals surface area contributed by atoms with E-state index in [9.17, 15) is 0 Å². The van der Waals surface area contributed by atoms with Gasteiger partial charge in [0, 0.05) is 24.0 Å². The number of nitrogens with zero attached hydrogens (tertiary/aromatic N) is 3. The highest BCUT2D eigenvalue weighted by atomic mass is 15.1. The lowest BCUT2D eigenvalue weighted by Crippen LogP contribution is -2.07. The smallest absolute Gasteiger partial charge is 0.156 e. The molecule has 1 saturated carbocycles. The maximum atomic E-state index is 4.51. The summed E-state index contributed by atoms with van der Waals surface area (Å²) in [6.45, 7) is 0. The van der Waals surface area contributed by atoms with Crippen LogP contribution in [-0.4, -0.2) is 19.4 Å². The van der Waals surface area contributed by atoms with Crippen molar-refractivity contribution in [1.29, 1.82) is 0 Å². The van der Waals surface area contributed by atoms with Crippen LogP contribution in [0.1, 0.15) is 43.7 Å². The number of aromatic amines is 1. The second kappa shape index (κ2) is 3.83. The fourth-order valence-corrected chi connectivity index (χ4v) is 3.18. The van der Waals surface area contributed by atoms with E-state index < -0.39 is 0 Å². The van der Waals surface area contributed by atoms with Crippen molar-refractivity contribution in [3.8, 4) is 0 Å². The van der Waals surface area contributed by atoms with Crippen LogP contribution in [0.5, 0.6) is 0 Å². The van der Waals surface area contributed by atoms with E-state index in [-0.39, 0.29) is 0 Å². The minimum Gasteiger partial charge on any atom is -0.345 e. The van der Waals surface area contributed by atoms with Crippen LogP contribution in [0.15, 0.2) is 24.7 Å². The predicted octanol–water partition coefficient (Wildman–Crippen LogP) is 3.26. The first-order valence-corrected chi connectivity index (χ1v) is 6.73. The first kappa shape index (κ1) is 10.1. The molecule has 0 unspecified atom stereocenters. The summed E-state index contributed by atoms with van der Waals surface area (Å²) >= 11 is 0. The van der Waals surface area contributed by atoms with Crippen LogP contribution < -0.4 is 0 Å². The van der Waals surface area contributed by atoms with E-state index in [1.54, 1.807) is 0 Å². The monoisotopic (exact) mass is 240 g/mol. The van der Waals surface area contributed by atoms with E-state index in [0.29, 0.717) is 5.92 Å². The van der Waals surface area contributed by atoms with Gasteiger partial charge in [0.15, 0.2) is 11.3 Å². The Morgan fingerprint density at radius 1 is 1.11 bits per heavy atom. The highest BCUT2D eigenvalue weighted by Crippen LogP contribution is 2.33. The van der Waals surface area contributed by atoms with Gasteiger partial charge in [0.25, 0.3) is 0 Å². The van der Waals surface area contributed by atoms with Gasteiger partial charge in [0.2, 0.25) is 0 Å².